The van der Waals surface area contributed by atoms with Crippen LogP contribution >= 0.6 is 0 Å². The van der Waals surface area contributed by atoms with Gasteiger partial charge in [0.25, 0.3) is 0 Å². The highest BCUT2D eigenvalue weighted by Crippen LogP contribution is 2.44. The van der Waals surface area contributed by atoms with Crippen LogP contribution in [0.4, 0.5) is 4.79 Å². The van der Waals surface area contributed by atoms with Gasteiger partial charge in [0.2, 0.25) is 5.91 Å². The molecule has 5 rings (SSSR count). The molecular weight excluding hydrogens is 530 g/mol. The smallest absolute Gasteiger partial charge is 0.407 e. The Labute approximate surface area is 247 Å². The van der Waals surface area contributed by atoms with Crippen molar-refractivity contribution in [3.8, 4) is 11.1 Å². The monoisotopic (exact) mass is 569 g/mol. The Balaban J connectivity index is 1.28. The molecule has 3 unspecified atom stereocenters. The number of hydrogen-bond donors (Lipinski definition) is 3. The summed E-state index contributed by atoms with van der Waals surface area (Å²) in [6, 6.07) is 24.7. The summed E-state index contributed by atoms with van der Waals surface area (Å²) in [6.07, 6.45) is 3.06. The zero-order chi connectivity index (χ0) is 29.5. The van der Waals surface area contributed by atoms with Crippen LogP contribution in [0.5, 0.6) is 0 Å². The fourth-order valence-corrected chi connectivity index (χ4v) is 6.31. The topological polar surface area (TPSA) is 108 Å². The van der Waals surface area contributed by atoms with E-state index in [1.807, 2.05) is 66.5 Å². The molecule has 8 nitrogen and oxygen atoms in total. The van der Waals surface area contributed by atoms with Gasteiger partial charge in [-0.3, -0.25) is 14.5 Å². The quantitative estimate of drug-likeness (QED) is 0.291. The molecule has 3 atom stereocenters. The third-order valence-electron chi connectivity index (χ3n) is 8.40. The van der Waals surface area contributed by atoms with Crippen LogP contribution < -0.4 is 10.6 Å². The van der Waals surface area contributed by atoms with Gasteiger partial charge in [0.15, 0.2) is 0 Å². The van der Waals surface area contributed by atoms with Crippen molar-refractivity contribution in [1.82, 2.24) is 15.5 Å². The number of likely N-dealkylation sites (N-methyl/N-ethyl adjacent to an activating group) is 1. The fraction of sp³-hybridized carbons (Fsp3) is 0.382. The minimum atomic E-state index is -0.924. The molecular formula is C34H39N3O5. The van der Waals surface area contributed by atoms with E-state index in [2.05, 4.69) is 34.9 Å². The average Bonchev–Trinajstić information content (AvgIpc) is 3.11. The van der Waals surface area contributed by atoms with Gasteiger partial charge in [-0.1, -0.05) is 98.1 Å². The number of carbonyl (C=O) groups excluding carboxylic acids is 2. The second-order valence-electron chi connectivity index (χ2n) is 11.4. The van der Waals surface area contributed by atoms with Gasteiger partial charge in [0.1, 0.15) is 12.6 Å². The van der Waals surface area contributed by atoms with E-state index >= 15 is 0 Å². The largest absolute Gasteiger partial charge is 0.481 e. The molecule has 42 heavy (non-hydrogen) atoms. The summed E-state index contributed by atoms with van der Waals surface area (Å²) in [5.41, 5.74) is 5.57. The van der Waals surface area contributed by atoms with E-state index in [0.29, 0.717) is 19.4 Å². The van der Waals surface area contributed by atoms with Crippen molar-refractivity contribution in [2.45, 2.75) is 56.7 Å². The van der Waals surface area contributed by atoms with Crippen LogP contribution in [0.15, 0.2) is 78.9 Å². The summed E-state index contributed by atoms with van der Waals surface area (Å²) in [6.45, 7) is 0.950. The molecule has 0 radical (unpaired) electrons. The lowest BCUT2D eigenvalue weighted by Crippen LogP contribution is -2.55. The van der Waals surface area contributed by atoms with Gasteiger partial charge in [0.05, 0.1) is 5.92 Å². The first-order valence-electron chi connectivity index (χ1n) is 14.8. The minimum absolute atomic E-state index is 0.0986. The fourth-order valence-electron chi connectivity index (χ4n) is 6.31. The third kappa shape index (κ3) is 6.99. The Morgan fingerprint density at radius 2 is 1.50 bits per heavy atom. The molecule has 3 N–H and O–H groups in total. The standard InChI is InChI=1S/C34H39N3O5/c1-37(20-23-12-4-2-5-13-23)21-31(32(38)35-30-19-7-3-6-18-28(30)33(39)40)36-34(41)42-22-29-26-16-10-8-14-24(26)25-15-9-11-17-27(25)29/h2,4-5,8-17,28-31H,3,6-7,18-22H2,1H3,(H,35,38)(H,36,41)(H,39,40). The predicted octanol–water partition coefficient (Wildman–Crippen LogP) is 5.18. The van der Waals surface area contributed by atoms with Gasteiger partial charge in [0, 0.05) is 25.0 Å². The normalized spacial score (nSPS) is 18.8. The Hall–Kier alpha value is -4.17. The van der Waals surface area contributed by atoms with E-state index in [1.54, 1.807) is 0 Å². The predicted molar refractivity (Wildman–Crippen MR) is 161 cm³/mol. The molecule has 8 heteroatoms. The maximum absolute atomic E-state index is 13.6. The number of nitrogens with one attached hydrogen (secondary N) is 2. The number of fused-ring (bicyclic) bond motifs is 3. The van der Waals surface area contributed by atoms with Gasteiger partial charge < -0.3 is 20.5 Å². The second-order valence-corrected chi connectivity index (χ2v) is 11.4. The molecule has 3 aromatic rings. The van der Waals surface area contributed by atoms with E-state index < -0.39 is 36.0 Å². The van der Waals surface area contributed by atoms with Crippen LogP contribution in [0.2, 0.25) is 0 Å². The van der Waals surface area contributed by atoms with Crippen LogP contribution in [-0.2, 0) is 20.9 Å². The van der Waals surface area contributed by atoms with Crippen molar-refractivity contribution in [2.24, 2.45) is 5.92 Å². The molecule has 1 saturated carbocycles. The third-order valence-corrected chi connectivity index (χ3v) is 8.40. The van der Waals surface area contributed by atoms with E-state index in [9.17, 15) is 19.5 Å². The van der Waals surface area contributed by atoms with Gasteiger partial charge in [-0.15, -0.1) is 0 Å². The number of alkyl carbamates (subject to hydrolysis) is 1. The second kappa shape index (κ2) is 13.7. The van der Waals surface area contributed by atoms with Crippen LogP contribution in [0.25, 0.3) is 11.1 Å². The average molecular weight is 570 g/mol. The zero-order valence-electron chi connectivity index (χ0n) is 24.0. The molecule has 0 bridgehead atoms. The van der Waals surface area contributed by atoms with Crippen molar-refractivity contribution >= 4 is 18.0 Å². The highest BCUT2D eigenvalue weighted by Gasteiger charge is 2.34. The Bertz CT molecular complexity index is 1350. The number of amides is 2. The lowest BCUT2D eigenvalue weighted by molar-refractivity contribution is -0.143. The SMILES string of the molecule is CN(Cc1ccccc1)CC(NC(=O)OCC1c2ccccc2-c2ccccc21)C(=O)NC1CCCCCC1C(=O)O. The molecule has 220 valence electrons. The number of carboxylic acids is 1. The van der Waals surface area contributed by atoms with Crippen molar-refractivity contribution in [3.05, 3.63) is 95.6 Å². The maximum atomic E-state index is 13.6. The lowest BCUT2D eigenvalue weighted by atomic mass is 9.94. The highest BCUT2D eigenvalue weighted by molar-refractivity contribution is 5.87. The van der Waals surface area contributed by atoms with Crippen LogP contribution in [0.1, 0.15) is 54.7 Å². The summed E-state index contributed by atoms with van der Waals surface area (Å²) in [7, 11) is 1.89. The van der Waals surface area contributed by atoms with Crippen molar-refractivity contribution < 1.29 is 24.2 Å². The number of carboxylic acid groups (broad SMARTS) is 1. The van der Waals surface area contributed by atoms with Gasteiger partial charge in [-0.25, -0.2) is 4.79 Å². The molecule has 1 fully saturated rings. The number of ether oxygens (including phenoxy) is 1. The summed E-state index contributed by atoms with van der Waals surface area (Å²) in [5, 5.41) is 15.6. The van der Waals surface area contributed by atoms with Crippen molar-refractivity contribution in [3.63, 3.8) is 0 Å². The first kappa shape index (κ1) is 29.3. The van der Waals surface area contributed by atoms with Crippen molar-refractivity contribution in [2.75, 3.05) is 20.2 Å². The first-order chi connectivity index (χ1) is 20.4. The first-order valence-corrected chi connectivity index (χ1v) is 14.8. The molecule has 3 aromatic carbocycles. The Kier molecular flexibility index (Phi) is 9.54. The molecule has 2 aliphatic carbocycles. The van der Waals surface area contributed by atoms with E-state index in [-0.39, 0.29) is 19.1 Å². The molecule has 2 amide bonds. The number of benzene rings is 3. The number of hydrogen-bond acceptors (Lipinski definition) is 5. The number of nitrogens with zero attached hydrogens (tertiary/aromatic N) is 1. The van der Waals surface area contributed by atoms with Crippen LogP contribution in [0, 0.1) is 5.92 Å². The summed E-state index contributed by atoms with van der Waals surface area (Å²) in [5.74, 6) is -2.04. The molecule has 2 aliphatic rings. The molecule has 0 saturated heterocycles. The van der Waals surface area contributed by atoms with Gasteiger partial charge in [-0.05, 0) is 47.7 Å². The maximum Gasteiger partial charge on any atom is 0.407 e. The van der Waals surface area contributed by atoms with Gasteiger partial charge in [-0.2, -0.15) is 0 Å². The van der Waals surface area contributed by atoms with E-state index in [0.717, 1.165) is 47.1 Å². The zero-order valence-corrected chi connectivity index (χ0v) is 24.0. The number of aliphatic carboxylic acids is 1. The summed E-state index contributed by atoms with van der Waals surface area (Å²) < 4.78 is 5.75. The Morgan fingerprint density at radius 1 is 0.881 bits per heavy atom. The molecule has 0 aromatic heterocycles. The van der Waals surface area contributed by atoms with Gasteiger partial charge >= 0.3 is 12.1 Å². The molecule has 0 spiro atoms. The van der Waals surface area contributed by atoms with Crippen LogP contribution in [0.3, 0.4) is 0 Å². The number of carbonyl (C=O) groups is 3. The molecule has 0 aliphatic heterocycles. The highest BCUT2D eigenvalue weighted by atomic mass is 16.5. The lowest BCUT2D eigenvalue weighted by Gasteiger charge is -2.28. The van der Waals surface area contributed by atoms with E-state index in [4.69, 9.17) is 4.74 Å². The van der Waals surface area contributed by atoms with E-state index in [1.165, 1.54) is 0 Å². The van der Waals surface area contributed by atoms with Crippen LogP contribution in [-0.4, -0.2) is 60.3 Å². The summed E-state index contributed by atoms with van der Waals surface area (Å²) in [4.78, 5) is 40.7. The molecule has 0 heterocycles. The number of rotatable bonds is 10. The summed E-state index contributed by atoms with van der Waals surface area (Å²) >= 11 is 0. The van der Waals surface area contributed by atoms with Crippen molar-refractivity contribution in [1.29, 1.82) is 0 Å². The minimum Gasteiger partial charge on any atom is -0.481 e. The Morgan fingerprint density at radius 3 is 2.17 bits per heavy atom.